The van der Waals surface area contributed by atoms with Crippen molar-refractivity contribution in [3.8, 4) is 22.4 Å². The van der Waals surface area contributed by atoms with E-state index in [1.807, 2.05) is 51.2 Å². The topological polar surface area (TPSA) is 43.7 Å². The number of nitrogens with zero attached hydrogens (tertiary/aromatic N) is 2. The molecule has 1 aliphatic heterocycles. The maximum Gasteiger partial charge on any atom is 0.219 e. The average molecular weight is 507 g/mol. The Morgan fingerprint density at radius 1 is 1.08 bits per heavy atom. The van der Waals surface area contributed by atoms with E-state index in [0.717, 1.165) is 22.4 Å². The van der Waals surface area contributed by atoms with Crippen molar-refractivity contribution < 1.29 is 18.7 Å². The van der Waals surface area contributed by atoms with Crippen molar-refractivity contribution in [2.75, 3.05) is 20.2 Å². The molecule has 1 unspecified atom stereocenters. The summed E-state index contributed by atoms with van der Waals surface area (Å²) in [5.74, 6) is -0.701. The summed E-state index contributed by atoms with van der Waals surface area (Å²) in [7, 11) is 1.82. The smallest absolute Gasteiger partial charge is 0.219 e. The lowest BCUT2D eigenvalue weighted by Crippen LogP contribution is -2.55. The van der Waals surface area contributed by atoms with Gasteiger partial charge in [0.2, 0.25) is 5.91 Å². The molecule has 4 rings (SSSR count). The minimum Gasteiger partial charge on any atom is -0.350 e. The maximum absolute atomic E-state index is 13.9. The lowest BCUT2D eigenvalue weighted by Gasteiger charge is -2.47. The third-order valence-corrected chi connectivity index (χ3v) is 7.25. The minimum absolute atomic E-state index is 0.00877. The normalized spacial score (nSPS) is 19.2. The van der Waals surface area contributed by atoms with Crippen LogP contribution >= 0.6 is 0 Å². The molecular weight excluding hydrogens is 467 g/mol. The van der Waals surface area contributed by atoms with Gasteiger partial charge in [-0.2, -0.15) is 0 Å². The summed E-state index contributed by atoms with van der Waals surface area (Å²) >= 11 is 0. The van der Waals surface area contributed by atoms with Gasteiger partial charge in [0.05, 0.1) is 17.9 Å². The summed E-state index contributed by atoms with van der Waals surface area (Å²) < 4.78 is 28.7. The Morgan fingerprint density at radius 3 is 2.35 bits per heavy atom. The van der Waals surface area contributed by atoms with E-state index in [4.69, 9.17) is 9.47 Å². The van der Waals surface area contributed by atoms with Crippen LogP contribution < -0.4 is 0 Å². The average Bonchev–Trinajstić information content (AvgIpc) is 3.23. The van der Waals surface area contributed by atoms with Crippen molar-refractivity contribution in [2.24, 2.45) is 0 Å². The molecule has 37 heavy (non-hydrogen) atoms. The van der Waals surface area contributed by atoms with Crippen molar-refractivity contribution >= 4 is 5.91 Å². The molecule has 1 fully saturated rings. The molecule has 0 aliphatic carbocycles. The number of halogens is 1. The first-order valence-corrected chi connectivity index (χ1v) is 13.1. The molecule has 0 saturated carbocycles. The lowest BCUT2D eigenvalue weighted by molar-refractivity contribution is -0.314. The number of hydrogen-bond donors (Lipinski definition) is 0. The number of likely N-dealkylation sites (N-methyl/N-ethyl adjacent to an activating group) is 1. The van der Waals surface area contributed by atoms with Crippen molar-refractivity contribution in [3.05, 3.63) is 72.2 Å². The first-order chi connectivity index (χ1) is 17.5. The van der Waals surface area contributed by atoms with Gasteiger partial charge in [0, 0.05) is 44.7 Å². The van der Waals surface area contributed by atoms with E-state index in [2.05, 4.69) is 36.6 Å². The Morgan fingerprint density at radius 2 is 1.76 bits per heavy atom. The fourth-order valence-electron chi connectivity index (χ4n) is 5.36. The summed E-state index contributed by atoms with van der Waals surface area (Å²) in [5.41, 5.74) is 4.94. The van der Waals surface area contributed by atoms with Gasteiger partial charge in [-0.25, -0.2) is 4.39 Å². The standard InChI is InChI=1S/C31H39FN2O3/c1-22(2)28-20-27(24-10-8-7-9-11-24)29(25-12-14-26(32)15-13-25)34(28)18-16-31(21-33(6)23(3)35)17-19-36-30(4,5)37-31/h7-15,20,22H,16-19,21H2,1-6H3. The summed E-state index contributed by atoms with van der Waals surface area (Å²) in [6.45, 7) is 11.6. The molecule has 5 nitrogen and oxygen atoms in total. The number of amides is 1. The van der Waals surface area contributed by atoms with Gasteiger partial charge < -0.3 is 18.9 Å². The monoisotopic (exact) mass is 506 g/mol. The van der Waals surface area contributed by atoms with Gasteiger partial charge in [0.25, 0.3) is 0 Å². The molecule has 2 aromatic carbocycles. The Labute approximate surface area is 220 Å². The van der Waals surface area contributed by atoms with Gasteiger partial charge in [-0.05, 0) is 67.6 Å². The van der Waals surface area contributed by atoms with Gasteiger partial charge in [-0.1, -0.05) is 44.2 Å². The third-order valence-electron chi connectivity index (χ3n) is 7.25. The van der Waals surface area contributed by atoms with E-state index in [-0.39, 0.29) is 17.6 Å². The predicted octanol–water partition coefficient (Wildman–Crippen LogP) is 6.86. The van der Waals surface area contributed by atoms with Crippen molar-refractivity contribution in [1.29, 1.82) is 0 Å². The molecule has 0 N–H and O–H groups in total. The van der Waals surface area contributed by atoms with Crippen LogP contribution in [0.3, 0.4) is 0 Å². The van der Waals surface area contributed by atoms with Crippen LogP contribution in [0.25, 0.3) is 22.4 Å². The number of ether oxygens (including phenoxy) is 2. The number of hydrogen-bond acceptors (Lipinski definition) is 3. The molecule has 0 radical (unpaired) electrons. The molecule has 198 valence electrons. The Bertz CT molecular complexity index is 1220. The minimum atomic E-state index is -0.734. The van der Waals surface area contributed by atoms with E-state index in [0.29, 0.717) is 32.5 Å². The van der Waals surface area contributed by atoms with E-state index < -0.39 is 11.4 Å². The lowest BCUT2D eigenvalue weighted by atomic mass is 9.92. The largest absolute Gasteiger partial charge is 0.350 e. The van der Waals surface area contributed by atoms with Crippen LogP contribution in [0, 0.1) is 5.82 Å². The van der Waals surface area contributed by atoms with Crippen LogP contribution in [0.1, 0.15) is 59.1 Å². The highest BCUT2D eigenvalue weighted by molar-refractivity contribution is 5.82. The molecular formula is C31H39FN2O3. The number of carbonyl (C=O) groups is 1. The molecule has 0 bridgehead atoms. The van der Waals surface area contributed by atoms with Gasteiger partial charge in [0.1, 0.15) is 5.82 Å². The molecule has 1 amide bonds. The molecule has 0 spiro atoms. The number of carbonyl (C=O) groups excluding carboxylic acids is 1. The second-order valence-corrected chi connectivity index (χ2v) is 10.9. The van der Waals surface area contributed by atoms with Gasteiger partial charge >= 0.3 is 0 Å². The molecule has 1 aliphatic rings. The first-order valence-electron chi connectivity index (χ1n) is 13.1. The van der Waals surface area contributed by atoms with Crippen LogP contribution in [0.4, 0.5) is 4.39 Å². The van der Waals surface area contributed by atoms with Crippen LogP contribution in [-0.4, -0.2) is 47.0 Å². The number of rotatable bonds is 8. The van der Waals surface area contributed by atoms with E-state index in [1.54, 1.807) is 11.8 Å². The zero-order chi connectivity index (χ0) is 26.8. The third kappa shape index (κ3) is 6.13. The number of benzene rings is 2. The van der Waals surface area contributed by atoms with Crippen LogP contribution in [-0.2, 0) is 20.8 Å². The van der Waals surface area contributed by atoms with E-state index in [9.17, 15) is 9.18 Å². The fraction of sp³-hybridized carbons (Fsp3) is 0.452. The fourth-order valence-corrected chi connectivity index (χ4v) is 5.36. The SMILES string of the molecule is CC(=O)N(C)CC1(CCn2c(C(C)C)cc(-c3ccccc3)c2-c2ccc(F)cc2)CCOC(C)(C)O1. The number of aromatic nitrogens is 1. The highest BCUT2D eigenvalue weighted by atomic mass is 19.1. The molecule has 1 saturated heterocycles. The Balaban J connectivity index is 1.81. The van der Waals surface area contributed by atoms with Gasteiger partial charge in [-0.3, -0.25) is 4.79 Å². The first kappa shape index (κ1) is 27.1. The van der Waals surface area contributed by atoms with Crippen molar-refractivity contribution in [2.45, 2.75) is 71.3 Å². The molecule has 3 aromatic rings. The molecule has 1 aromatic heterocycles. The Kier molecular flexibility index (Phi) is 7.91. The second-order valence-electron chi connectivity index (χ2n) is 10.9. The van der Waals surface area contributed by atoms with Crippen LogP contribution in [0.5, 0.6) is 0 Å². The zero-order valence-corrected chi connectivity index (χ0v) is 22.9. The zero-order valence-electron chi connectivity index (χ0n) is 22.9. The van der Waals surface area contributed by atoms with Crippen LogP contribution in [0.15, 0.2) is 60.7 Å². The van der Waals surface area contributed by atoms with Gasteiger partial charge in [-0.15, -0.1) is 0 Å². The highest BCUT2D eigenvalue weighted by Crippen LogP contribution is 2.40. The summed E-state index contributed by atoms with van der Waals surface area (Å²) in [4.78, 5) is 13.9. The summed E-state index contributed by atoms with van der Waals surface area (Å²) in [5, 5.41) is 0. The Hall–Kier alpha value is -2.96. The summed E-state index contributed by atoms with van der Waals surface area (Å²) in [6, 6.07) is 19.3. The highest BCUT2D eigenvalue weighted by Gasteiger charge is 2.43. The molecule has 2 heterocycles. The van der Waals surface area contributed by atoms with E-state index >= 15 is 0 Å². The van der Waals surface area contributed by atoms with Crippen molar-refractivity contribution in [3.63, 3.8) is 0 Å². The van der Waals surface area contributed by atoms with E-state index in [1.165, 1.54) is 17.8 Å². The quantitative estimate of drug-likeness (QED) is 0.335. The van der Waals surface area contributed by atoms with Crippen LogP contribution in [0.2, 0.25) is 0 Å². The molecule has 6 heteroatoms. The second kappa shape index (κ2) is 10.8. The maximum atomic E-state index is 13.9. The van der Waals surface area contributed by atoms with Gasteiger partial charge in [0.15, 0.2) is 5.79 Å². The summed E-state index contributed by atoms with van der Waals surface area (Å²) in [6.07, 6.45) is 1.40. The molecule has 1 atom stereocenters. The predicted molar refractivity (Wildman–Crippen MR) is 146 cm³/mol. The van der Waals surface area contributed by atoms with Crippen molar-refractivity contribution in [1.82, 2.24) is 9.47 Å².